The van der Waals surface area contributed by atoms with Gasteiger partial charge in [-0.3, -0.25) is 10.1 Å². The number of carboxylic acids is 1. The molecule has 0 aromatic heterocycles. The number of hydrogen-bond donors (Lipinski definition) is 4. The zero-order valence-corrected chi connectivity index (χ0v) is 17.5. The van der Waals surface area contributed by atoms with Crippen molar-refractivity contribution in [1.29, 1.82) is 0 Å². The molecule has 1 atom stereocenters. The molecule has 3 aromatic rings. The fraction of sp³-hybridized carbons (Fsp3) is 0.160. The van der Waals surface area contributed by atoms with Gasteiger partial charge in [0.2, 0.25) is 0 Å². The van der Waals surface area contributed by atoms with Crippen LogP contribution in [-0.2, 0) is 9.53 Å². The van der Waals surface area contributed by atoms with Gasteiger partial charge in [0.15, 0.2) is 6.10 Å². The fourth-order valence-electron chi connectivity index (χ4n) is 3.87. The van der Waals surface area contributed by atoms with Crippen molar-refractivity contribution >= 4 is 23.7 Å². The van der Waals surface area contributed by atoms with Crippen molar-refractivity contribution in [1.82, 2.24) is 5.32 Å². The van der Waals surface area contributed by atoms with E-state index in [9.17, 15) is 19.5 Å². The van der Waals surface area contributed by atoms with Crippen molar-refractivity contribution in [3.63, 3.8) is 0 Å². The standard InChI is InChI=1S/C25H22N2O6/c28-22(24(30)31)13-26-23(29)15-6-5-7-16(12-15)27-25(32)33-14-21-19-10-3-1-8-17(19)18-9-2-4-11-20(18)21/h1-12,21-22,28H,13-14H2,(H,26,29)(H,27,32)(H,30,31)/t22-/m0/s1. The molecule has 0 radical (unpaired) electrons. The average Bonchev–Trinajstić information content (AvgIpc) is 3.15. The maximum absolute atomic E-state index is 12.4. The summed E-state index contributed by atoms with van der Waals surface area (Å²) in [4.78, 5) is 35.3. The molecule has 0 fully saturated rings. The number of fused-ring (bicyclic) bond motifs is 3. The highest BCUT2D eigenvalue weighted by Gasteiger charge is 2.29. The minimum atomic E-state index is -1.70. The summed E-state index contributed by atoms with van der Waals surface area (Å²) in [5, 5.41) is 22.9. The molecule has 4 N–H and O–H groups in total. The van der Waals surface area contributed by atoms with Gasteiger partial charge in [-0.15, -0.1) is 0 Å². The van der Waals surface area contributed by atoms with Crippen molar-refractivity contribution in [3.8, 4) is 11.1 Å². The van der Waals surface area contributed by atoms with Gasteiger partial charge >= 0.3 is 12.1 Å². The molecule has 0 unspecified atom stereocenters. The Morgan fingerprint density at radius 2 is 1.55 bits per heavy atom. The first kappa shape index (κ1) is 22.0. The first-order valence-electron chi connectivity index (χ1n) is 10.3. The summed E-state index contributed by atoms with van der Waals surface area (Å²) in [6.45, 7) is -0.273. The fourth-order valence-corrected chi connectivity index (χ4v) is 3.87. The number of rotatable bonds is 7. The number of carbonyl (C=O) groups is 3. The van der Waals surface area contributed by atoms with Gasteiger partial charge in [0.25, 0.3) is 5.91 Å². The number of ether oxygens (including phenoxy) is 1. The van der Waals surface area contributed by atoms with E-state index in [0.29, 0.717) is 5.69 Å². The highest BCUT2D eigenvalue weighted by atomic mass is 16.5. The molecule has 8 nitrogen and oxygen atoms in total. The van der Waals surface area contributed by atoms with Gasteiger partial charge in [-0.2, -0.15) is 0 Å². The minimum Gasteiger partial charge on any atom is -0.479 e. The van der Waals surface area contributed by atoms with Crippen molar-refractivity contribution in [2.45, 2.75) is 12.0 Å². The van der Waals surface area contributed by atoms with Gasteiger partial charge in [0.05, 0.1) is 6.54 Å². The average molecular weight is 446 g/mol. The summed E-state index contributed by atoms with van der Waals surface area (Å²) >= 11 is 0. The van der Waals surface area contributed by atoms with E-state index < -0.39 is 30.6 Å². The Kier molecular flexibility index (Phi) is 6.37. The van der Waals surface area contributed by atoms with Crippen molar-refractivity contribution in [2.24, 2.45) is 0 Å². The molecule has 0 heterocycles. The number of benzene rings is 3. The first-order valence-corrected chi connectivity index (χ1v) is 10.3. The van der Waals surface area contributed by atoms with Gasteiger partial charge < -0.3 is 20.3 Å². The van der Waals surface area contributed by atoms with Crippen LogP contribution in [0.5, 0.6) is 0 Å². The summed E-state index contributed by atoms with van der Waals surface area (Å²) in [5.74, 6) is -2.08. The van der Waals surface area contributed by atoms with Crippen LogP contribution in [0.3, 0.4) is 0 Å². The van der Waals surface area contributed by atoms with Gasteiger partial charge in [-0.05, 0) is 40.5 Å². The number of aliphatic carboxylic acids is 1. The van der Waals surface area contributed by atoms with Gasteiger partial charge in [0, 0.05) is 17.2 Å². The Hall–Kier alpha value is -4.17. The topological polar surface area (TPSA) is 125 Å². The number of aliphatic hydroxyl groups excluding tert-OH is 1. The highest BCUT2D eigenvalue weighted by molar-refractivity contribution is 5.96. The molecule has 2 amide bonds. The van der Waals surface area contributed by atoms with Crippen LogP contribution in [0.15, 0.2) is 72.8 Å². The van der Waals surface area contributed by atoms with Crippen molar-refractivity contribution < 1.29 is 29.3 Å². The molecule has 168 valence electrons. The number of anilines is 1. The second-order valence-electron chi connectivity index (χ2n) is 7.60. The van der Waals surface area contributed by atoms with E-state index in [1.165, 1.54) is 12.1 Å². The van der Waals surface area contributed by atoms with Gasteiger partial charge in [-0.1, -0.05) is 54.6 Å². The lowest BCUT2D eigenvalue weighted by Gasteiger charge is -2.15. The van der Waals surface area contributed by atoms with Gasteiger partial charge in [0.1, 0.15) is 6.61 Å². The van der Waals surface area contributed by atoms with Crippen LogP contribution in [0, 0.1) is 0 Å². The lowest BCUT2D eigenvalue weighted by molar-refractivity contribution is -0.146. The van der Waals surface area contributed by atoms with E-state index in [2.05, 4.69) is 22.8 Å². The third-order valence-corrected chi connectivity index (χ3v) is 5.46. The molecule has 0 saturated heterocycles. The maximum Gasteiger partial charge on any atom is 0.411 e. The molecule has 1 aliphatic carbocycles. The second kappa shape index (κ2) is 9.54. The van der Waals surface area contributed by atoms with Crippen LogP contribution in [0.25, 0.3) is 11.1 Å². The van der Waals surface area contributed by atoms with Crippen LogP contribution in [-0.4, -0.2) is 47.4 Å². The quantitative estimate of drug-likeness (QED) is 0.442. The van der Waals surface area contributed by atoms with Crippen LogP contribution in [0.4, 0.5) is 10.5 Å². The number of carboxylic acid groups (broad SMARTS) is 1. The number of hydrogen-bond acceptors (Lipinski definition) is 5. The lowest BCUT2D eigenvalue weighted by atomic mass is 9.98. The zero-order valence-electron chi connectivity index (χ0n) is 17.5. The first-order chi connectivity index (χ1) is 15.9. The molecule has 0 saturated carbocycles. The largest absolute Gasteiger partial charge is 0.479 e. The Morgan fingerprint density at radius 3 is 2.18 bits per heavy atom. The van der Waals surface area contributed by atoms with E-state index >= 15 is 0 Å². The monoisotopic (exact) mass is 446 g/mol. The van der Waals surface area contributed by atoms with Crippen LogP contribution < -0.4 is 10.6 Å². The molecule has 4 rings (SSSR count). The zero-order chi connectivity index (χ0) is 23.4. The molecule has 0 aliphatic heterocycles. The van der Waals surface area contributed by atoms with Crippen LogP contribution >= 0.6 is 0 Å². The number of amides is 2. The van der Waals surface area contributed by atoms with Crippen molar-refractivity contribution in [3.05, 3.63) is 89.5 Å². The third-order valence-electron chi connectivity index (χ3n) is 5.46. The number of nitrogens with one attached hydrogen (secondary N) is 2. The van der Waals surface area contributed by atoms with Crippen LogP contribution in [0.2, 0.25) is 0 Å². The maximum atomic E-state index is 12.4. The lowest BCUT2D eigenvalue weighted by Crippen LogP contribution is -2.36. The normalized spacial score (nSPS) is 12.9. The molecule has 0 spiro atoms. The summed E-state index contributed by atoms with van der Waals surface area (Å²) in [6, 6.07) is 22.2. The Balaban J connectivity index is 1.38. The molecular weight excluding hydrogens is 424 g/mol. The minimum absolute atomic E-state index is 0.0686. The van der Waals surface area contributed by atoms with E-state index in [1.54, 1.807) is 12.1 Å². The summed E-state index contributed by atoms with van der Waals surface area (Å²) in [7, 11) is 0. The SMILES string of the molecule is O=C(Nc1cccc(C(=O)NC[C@H](O)C(=O)O)c1)OCC1c2ccccc2-c2ccccc21. The smallest absolute Gasteiger partial charge is 0.411 e. The van der Waals surface area contributed by atoms with E-state index in [0.717, 1.165) is 22.3 Å². The van der Waals surface area contributed by atoms with E-state index in [4.69, 9.17) is 9.84 Å². The predicted molar refractivity (Wildman–Crippen MR) is 121 cm³/mol. The number of carbonyl (C=O) groups excluding carboxylic acids is 2. The molecule has 1 aliphatic rings. The van der Waals surface area contributed by atoms with E-state index in [-0.39, 0.29) is 18.1 Å². The van der Waals surface area contributed by atoms with E-state index in [1.807, 2.05) is 36.4 Å². The summed E-state index contributed by atoms with van der Waals surface area (Å²) < 4.78 is 5.50. The van der Waals surface area contributed by atoms with Crippen LogP contribution in [0.1, 0.15) is 27.4 Å². The number of aliphatic hydroxyl groups is 1. The van der Waals surface area contributed by atoms with Crippen molar-refractivity contribution in [2.75, 3.05) is 18.5 Å². The third kappa shape index (κ3) is 4.86. The second-order valence-corrected chi connectivity index (χ2v) is 7.60. The Labute approximate surface area is 189 Å². The molecule has 33 heavy (non-hydrogen) atoms. The predicted octanol–water partition coefficient (Wildman–Crippen LogP) is 3.22. The molecule has 3 aromatic carbocycles. The highest BCUT2D eigenvalue weighted by Crippen LogP contribution is 2.44. The molecule has 0 bridgehead atoms. The Morgan fingerprint density at radius 1 is 0.909 bits per heavy atom. The van der Waals surface area contributed by atoms with Gasteiger partial charge in [-0.25, -0.2) is 9.59 Å². The molecular formula is C25H22N2O6. The summed E-state index contributed by atoms with van der Waals surface area (Å²) in [6.07, 6.45) is -2.35. The molecule has 8 heteroatoms. The summed E-state index contributed by atoms with van der Waals surface area (Å²) in [5.41, 5.74) is 5.02. The Bertz CT molecular complexity index is 1160.